The van der Waals surface area contributed by atoms with Crippen LogP contribution >= 0.6 is 11.3 Å². The van der Waals surface area contributed by atoms with Crippen molar-refractivity contribution in [3.05, 3.63) is 40.3 Å². The van der Waals surface area contributed by atoms with Crippen molar-refractivity contribution < 1.29 is 42.1 Å². The Morgan fingerprint density at radius 3 is 2.29 bits per heavy atom. The zero-order valence-electron chi connectivity index (χ0n) is 14.3. The second-order valence-electron chi connectivity index (χ2n) is 5.47. The van der Waals surface area contributed by atoms with E-state index in [-0.39, 0.29) is 5.75 Å². The van der Waals surface area contributed by atoms with Crippen molar-refractivity contribution in [1.29, 1.82) is 0 Å². The Kier molecular flexibility index (Phi) is 6.41. The van der Waals surface area contributed by atoms with Crippen LogP contribution in [0.2, 0.25) is 0 Å². The Balaban J connectivity index is 2.45. The molecule has 0 aliphatic heterocycles. The molecule has 28 heavy (non-hydrogen) atoms. The molecule has 0 bridgehead atoms. The third-order valence-electron chi connectivity index (χ3n) is 3.49. The molecule has 0 spiro atoms. The van der Waals surface area contributed by atoms with Gasteiger partial charge in [0.05, 0.1) is 0 Å². The molecule has 0 amide bonds. The quantitative estimate of drug-likeness (QED) is 0.548. The van der Waals surface area contributed by atoms with E-state index >= 15 is 0 Å². The van der Waals surface area contributed by atoms with Crippen molar-refractivity contribution in [2.75, 3.05) is 6.61 Å². The van der Waals surface area contributed by atoms with Gasteiger partial charge in [-0.2, -0.15) is 13.2 Å². The van der Waals surface area contributed by atoms with E-state index in [1.807, 2.05) is 0 Å². The van der Waals surface area contributed by atoms with Crippen molar-refractivity contribution in [2.24, 2.45) is 5.73 Å². The Labute approximate surface area is 160 Å². The molecule has 0 aliphatic carbocycles. The topological polar surface area (TPSA) is 116 Å². The number of thiophene rings is 1. The van der Waals surface area contributed by atoms with E-state index in [1.165, 1.54) is 6.92 Å². The molecular weight excluding hydrogens is 403 g/mol. The molecule has 1 aromatic heterocycles. The maximum atomic E-state index is 12.4. The first-order chi connectivity index (χ1) is 13.0. The van der Waals surface area contributed by atoms with E-state index in [2.05, 4.69) is 4.74 Å². The van der Waals surface area contributed by atoms with Gasteiger partial charge >= 0.3 is 24.1 Å². The predicted molar refractivity (Wildman–Crippen MR) is 92.0 cm³/mol. The summed E-state index contributed by atoms with van der Waals surface area (Å²) in [4.78, 5) is 33.8. The fourth-order valence-electron chi connectivity index (χ4n) is 2.20. The lowest BCUT2D eigenvalue weighted by atomic mass is 10.1. The molecule has 0 fully saturated rings. The van der Waals surface area contributed by atoms with Crippen LogP contribution in [0.15, 0.2) is 24.3 Å². The summed E-state index contributed by atoms with van der Waals surface area (Å²) in [7, 11) is 0. The van der Waals surface area contributed by atoms with Gasteiger partial charge in [-0.3, -0.25) is 0 Å². The van der Waals surface area contributed by atoms with Gasteiger partial charge in [0.15, 0.2) is 11.5 Å². The zero-order valence-corrected chi connectivity index (χ0v) is 15.1. The largest absolute Gasteiger partial charge is 0.491 e. The van der Waals surface area contributed by atoms with Crippen molar-refractivity contribution in [3.63, 3.8) is 0 Å². The van der Waals surface area contributed by atoms with Gasteiger partial charge in [0, 0.05) is 17.0 Å². The molecule has 2 aromatic rings. The molecule has 150 valence electrons. The second-order valence-corrected chi connectivity index (χ2v) is 6.49. The predicted octanol–water partition coefficient (Wildman–Crippen LogP) is 2.89. The minimum atomic E-state index is -5.36. The van der Waals surface area contributed by atoms with Gasteiger partial charge in [0.1, 0.15) is 5.75 Å². The van der Waals surface area contributed by atoms with Crippen LogP contribution in [-0.2, 0) is 20.9 Å². The highest BCUT2D eigenvalue weighted by Gasteiger charge is 2.43. The van der Waals surface area contributed by atoms with E-state index in [4.69, 9.17) is 15.6 Å². The fourth-order valence-corrected chi connectivity index (χ4v) is 3.33. The van der Waals surface area contributed by atoms with E-state index in [0.29, 0.717) is 22.5 Å². The molecular formula is C17H14F3NO6S. The molecule has 3 N–H and O–H groups in total. The van der Waals surface area contributed by atoms with Gasteiger partial charge in [0.2, 0.25) is 0 Å². The van der Waals surface area contributed by atoms with E-state index in [9.17, 15) is 27.6 Å². The van der Waals surface area contributed by atoms with Crippen molar-refractivity contribution in [1.82, 2.24) is 0 Å². The summed E-state index contributed by atoms with van der Waals surface area (Å²) in [6.07, 6.45) is -5.36. The summed E-state index contributed by atoms with van der Waals surface area (Å²) in [5.74, 6) is -5.88. The highest BCUT2D eigenvalue weighted by Crippen LogP contribution is 2.42. The number of aliphatic carboxylic acids is 1. The number of hydrogen-bond donors (Lipinski definition) is 2. The molecule has 0 saturated carbocycles. The third-order valence-corrected chi connectivity index (χ3v) is 4.79. The Morgan fingerprint density at radius 2 is 1.79 bits per heavy atom. The van der Waals surface area contributed by atoms with E-state index in [0.717, 1.165) is 16.9 Å². The zero-order chi connectivity index (χ0) is 21.1. The van der Waals surface area contributed by atoms with Crippen LogP contribution in [0.1, 0.15) is 20.8 Å². The molecule has 0 aliphatic rings. The molecule has 7 nitrogen and oxygen atoms in total. The Morgan fingerprint density at radius 1 is 1.18 bits per heavy atom. The number of rotatable bonds is 6. The molecule has 0 unspecified atom stereocenters. The number of esters is 2. The van der Waals surface area contributed by atoms with Crippen LogP contribution in [0.5, 0.6) is 5.75 Å². The SMILES string of the molecule is Cc1c(-c2ccc(CN)cc2)sc(C(=O)OC(=O)C(F)(F)F)c1OCC(=O)O. The van der Waals surface area contributed by atoms with Crippen molar-refractivity contribution >= 4 is 29.2 Å². The average Bonchev–Trinajstić information content (AvgIpc) is 2.95. The average molecular weight is 417 g/mol. The Bertz CT molecular complexity index is 905. The first-order valence-corrected chi connectivity index (χ1v) is 8.47. The number of nitrogens with two attached hydrogens (primary N) is 1. The van der Waals surface area contributed by atoms with Crippen LogP contribution in [-0.4, -0.2) is 35.8 Å². The van der Waals surface area contributed by atoms with Gasteiger partial charge in [0.25, 0.3) is 0 Å². The number of carboxylic acid groups (broad SMARTS) is 1. The van der Waals surface area contributed by atoms with Crippen LogP contribution in [0, 0.1) is 6.92 Å². The van der Waals surface area contributed by atoms with Crippen molar-refractivity contribution in [2.45, 2.75) is 19.6 Å². The van der Waals surface area contributed by atoms with Gasteiger partial charge in [-0.25, -0.2) is 14.4 Å². The lowest BCUT2D eigenvalue weighted by Gasteiger charge is -2.07. The molecule has 0 saturated heterocycles. The van der Waals surface area contributed by atoms with Crippen LogP contribution in [0.25, 0.3) is 10.4 Å². The maximum absolute atomic E-state index is 12.4. The number of ether oxygens (including phenoxy) is 2. The summed E-state index contributed by atoms with van der Waals surface area (Å²) in [6, 6.07) is 6.80. The monoisotopic (exact) mass is 417 g/mol. The molecule has 0 radical (unpaired) electrons. The van der Waals surface area contributed by atoms with Gasteiger partial charge in [-0.05, 0) is 18.1 Å². The van der Waals surface area contributed by atoms with E-state index < -0.39 is 35.6 Å². The third kappa shape index (κ3) is 4.87. The minimum Gasteiger partial charge on any atom is -0.480 e. The molecule has 1 heterocycles. The maximum Gasteiger partial charge on any atom is 0.491 e. The minimum absolute atomic E-state index is 0.259. The van der Waals surface area contributed by atoms with Crippen LogP contribution < -0.4 is 10.5 Å². The highest BCUT2D eigenvalue weighted by atomic mass is 32.1. The smallest absolute Gasteiger partial charge is 0.480 e. The number of carboxylic acids is 1. The summed E-state index contributed by atoms with van der Waals surface area (Å²) in [6.45, 7) is 0.965. The highest BCUT2D eigenvalue weighted by molar-refractivity contribution is 7.18. The number of alkyl halides is 3. The summed E-state index contributed by atoms with van der Waals surface area (Å²) in [5.41, 5.74) is 7.27. The standard InChI is InChI=1S/C17H14F3NO6S/c1-8-12(26-7-11(22)23)14(15(24)27-16(25)17(18,19)20)28-13(8)10-4-2-9(6-21)3-5-10/h2-5H,6-7,21H2,1H3,(H,22,23). The molecule has 1 aromatic carbocycles. The lowest BCUT2D eigenvalue weighted by Crippen LogP contribution is -2.28. The number of benzene rings is 1. The summed E-state index contributed by atoms with van der Waals surface area (Å²) < 4.78 is 46.0. The molecule has 0 atom stereocenters. The summed E-state index contributed by atoms with van der Waals surface area (Å²) in [5, 5.41) is 8.78. The number of halogens is 3. The summed E-state index contributed by atoms with van der Waals surface area (Å²) >= 11 is 0.722. The van der Waals surface area contributed by atoms with Gasteiger partial charge < -0.3 is 20.3 Å². The molecule has 2 rings (SSSR count). The van der Waals surface area contributed by atoms with Gasteiger partial charge in [-0.1, -0.05) is 24.3 Å². The molecule has 11 heteroatoms. The lowest BCUT2D eigenvalue weighted by molar-refractivity contribution is -0.193. The second kappa shape index (κ2) is 8.40. The van der Waals surface area contributed by atoms with E-state index in [1.54, 1.807) is 24.3 Å². The Hall–Kier alpha value is -2.92. The van der Waals surface area contributed by atoms with Crippen LogP contribution in [0.3, 0.4) is 0 Å². The van der Waals surface area contributed by atoms with Gasteiger partial charge in [-0.15, -0.1) is 11.3 Å². The normalized spacial score (nSPS) is 11.2. The number of carbonyl (C=O) groups excluding carboxylic acids is 2. The van der Waals surface area contributed by atoms with Crippen LogP contribution in [0.4, 0.5) is 13.2 Å². The first kappa shape index (κ1) is 21.4. The number of carbonyl (C=O) groups is 3. The first-order valence-electron chi connectivity index (χ1n) is 7.65. The fraction of sp³-hybridized carbons (Fsp3) is 0.235. The number of hydrogen-bond acceptors (Lipinski definition) is 7. The van der Waals surface area contributed by atoms with Crippen molar-refractivity contribution in [3.8, 4) is 16.2 Å².